The van der Waals surface area contributed by atoms with Gasteiger partial charge < -0.3 is 28.8 Å². The maximum atomic E-state index is 11.3. The van der Waals surface area contributed by atoms with E-state index in [1.807, 2.05) is 24.3 Å². The molecule has 2 aromatic rings. The molecule has 0 fully saturated rings. The molecule has 0 saturated heterocycles. The molecule has 0 spiro atoms. The van der Waals surface area contributed by atoms with E-state index in [0.29, 0.717) is 11.3 Å². The van der Waals surface area contributed by atoms with Gasteiger partial charge in [-0.25, -0.2) is 13.9 Å². The van der Waals surface area contributed by atoms with E-state index in [4.69, 9.17) is 40.6 Å². The zero-order valence-electron chi connectivity index (χ0n) is 17.2. The average Bonchev–Trinajstić information content (AvgIpc) is 2.71. The van der Waals surface area contributed by atoms with Crippen LogP contribution >= 0.6 is 22.6 Å². The van der Waals surface area contributed by atoms with Gasteiger partial charge in [-0.1, -0.05) is 12.1 Å². The Morgan fingerprint density at radius 2 is 1.53 bits per heavy atom. The summed E-state index contributed by atoms with van der Waals surface area (Å²) >= 11 is 5.39. The van der Waals surface area contributed by atoms with E-state index >= 15 is 0 Å². The molecule has 2 aromatic carbocycles. The quantitative estimate of drug-likeness (QED) is 0.195. The van der Waals surface area contributed by atoms with Gasteiger partial charge in [0.25, 0.3) is 0 Å². The zero-order chi connectivity index (χ0) is 23.9. The lowest BCUT2D eigenvalue weighted by atomic mass is 10.1. The second-order valence-electron chi connectivity index (χ2n) is 6.43. The lowest BCUT2D eigenvalue weighted by molar-refractivity contribution is 0.270. The highest BCUT2D eigenvalue weighted by Crippen LogP contribution is 2.57. The van der Waals surface area contributed by atoms with E-state index in [2.05, 4.69) is 5.10 Å². The first-order chi connectivity index (χ1) is 14.9. The largest absolute Gasteiger partial charge is 0.497 e. The highest BCUT2D eigenvalue weighted by molar-refractivity contribution is 8.02. The highest BCUT2D eigenvalue weighted by Gasteiger charge is 2.39. The Balaban J connectivity index is 1.93. The lowest BCUT2D eigenvalue weighted by Gasteiger charge is -2.23. The van der Waals surface area contributed by atoms with E-state index in [1.165, 1.54) is 0 Å². The number of benzene rings is 2. The summed E-state index contributed by atoms with van der Waals surface area (Å²) in [4.78, 5) is 36.5. The van der Waals surface area contributed by atoms with E-state index in [-0.39, 0.29) is 10.9 Å². The standard InChI is InChI=1S/C17H24N3O8P3S/c1-19(18-13-15-5-7-16(27-2)8-6-15)29(32)28-17-9-3-14(4-10-17)11-12-20(30(21,22)23)31(24,25)26/h3-10,13,29H,11-12H2,1-2H3,(H2,21,22,23)(H2,24,25,26)/b18-13+. The van der Waals surface area contributed by atoms with Gasteiger partial charge in [-0.3, -0.25) is 0 Å². The van der Waals surface area contributed by atoms with Crippen LogP contribution in [0.3, 0.4) is 0 Å². The van der Waals surface area contributed by atoms with Gasteiger partial charge in [0.1, 0.15) is 11.5 Å². The molecule has 0 aliphatic rings. The van der Waals surface area contributed by atoms with E-state index in [1.54, 1.807) is 49.4 Å². The summed E-state index contributed by atoms with van der Waals surface area (Å²) in [6, 6.07) is 13.8. The molecule has 0 saturated carbocycles. The maximum absolute atomic E-state index is 11.3. The van der Waals surface area contributed by atoms with Crippen LogP contribution in [0.1, 0.15) is 11.1 Å². The van der Waals surface area contributed by atoms with Crippen LogP contribution in [0.5, 0.6) is 11.5 Å². The van der Waals surface area contributed by atoms with Crippen LogP contribution in [-0.2, 0) is 27.4 Å². The van der Waals surface area contributed by atoms with E-state index < -0.39 is 29.1 Å². The Morgan fingerprint density at radius 1 is 1.00 bits per heavy atom. The monoisotopic (exact) mass is 523 g/mol. The Labute approximate surface area is 191 Å². The van der Waals surface area contributed by atoms with Crippen LogP contribution in [-0.4, -0.2) is 55.7 Å². The summed E-state index contributed by atoms with van der Waals surface area (Å²) in [7, 11) is -8.80. The SMILES string of the molecule is COc1ccc(/C=N/N(C)[PH](=S)Oc2ccc(CCN(P(=O)(O)O)P(=O)(O)O)cc2)cc1. The van der Waals surface area contributed by atoms with E-state index in [0.717, 1.165) is 11.3 Å². The third-order valence-corrected chi connectivity index (χ3v) is 9.19. The van der Waals surface area contributed by atoms with Crippen molar-refractivity contribution in [2.45, 2.75) is 6.42 Å². The minimum absolute atomic E-state index is 0.00818. The van der Waals surface area contributed by atoms with Crippen LogP contribution in [0.2, 0.25) is 0 Å². The lowest BCUT2D eigenvalue weighted by Crippen LogP contribution is -2.19. The van der Waals surface area contributed by atoms with E-state index in [9.17, 15) is 9.13 Å². The van der Waals surface area contributed by atoms with Crippen molar-refractivity contribution in [1.29, 1.82) is 0 Å². The molecule has 2 rings (SSSR count). The van der Waals surface area contributed by atoms with Gasteiger partial charge in [0.05, 0.1) is 13.3 Å². The zero-order valence-corrected chi connectivity index (χ0v) is 20.8. The molecule has 1 atom stereocenters. The molecule has 0 aliphatic carbocycles. The molecular formula is C17H24N3O8P3S. The highest BCUT2D eigenvalue weighted by atomic mass is 32.4. The summed E-state index contributed by atoms with van der Waals surface area (Å²) in [6.07, 6.45) is 1.66. The summed E-state index contributed by atoms with van der Waals surface area (Å²) < 4.78 is 34.9. The van der Waals surface area contributed by atoms with Gasteiger partial charge in [-0.15, -0.1) is 4.44 Å². The summed E-state index contributed by atoms with van der Waals surface area (Å²) in [5, 5.41) is 4.29. The number of rotatable bonds is 11. The fraction of sp³-hybridized carbons (Fsp3) is 0.235. The topological polar surface area (TPSA) is 152 Å². The number of hydrogen-bond donors (Lipinski definition) is 4. The van der Waals surface area contributed by atoms with Gasteiger partial charge in [-0.05, 0) is 65.8 Å². The predicted molar refractivity (Wildman–Crippen MR) is 126 cm³/mol. The predicted octanol–water partition coefficient (Wildman–Crippen LogP) is 2.58. The van der Waals surface area contributed by atoms with Crippen molar-refractivity contribution in [3.63, 3.8) is 0 Å². The van der Waals surface area contributed by atoms with Gasteiger partial charge >= 0.3 is 15.5 Å². The van der Waals surface area contributed by atoms with Crippen molar-refractivity contribution in [1.82, 2.24) is 9.22 Å². The van der Waals surface area contributed by atoms with Crippen LogP contribution in [0.15, 0.2) is 53.6 Å². The van der Waals surface area contributed by atoms with Gasteiger partial charge in [0, 0.05) is 13.6 Å². The summed E-state index contributed by atoms with van der Waals surface area (Å²) in [5.41, 5.74) is 1.47. The minimum atomic E-state index is -5.10. The number of methoxy groups -OCH3 is 1. The molecule has 4 N–H and O–H groups in total. The number of hydrazone groups is 1. The molecule has 1 unspecified atom stereocenters. The van der Waals surface area contributed by atoms with Gasteiger partial charge in [-0.2, -0.15) is 5.10 Å². The number of ether oxygens (including phenoxy) is 1. The van der Waals surface area contributed by atoms with Gasteiger partial charge in [0.15, 0.2) is 0 Å². The average molecular weight is 523 g/mol. The van der Waals surface area contributed by atoms with Crippen LogP contribution in [0, 0.1) is 0 Å². The number of hydrogen-bond acceptors (Lipinski definition) is 6. The van der Waals surface area contributed by atoms with Crippen molar-refractivity contribution < 1.29 is 38.0 Å². The van der Waals surface area contributed by atoms with Crippen molar-refractivity contribution in [2.75, 3.05) is 20.7 Å². The molecule has 0 amide bonds. The molecule has 32 heavy (non-hydrogen) atoms. The molecule has 11 nitrogen and oxygen atoms in total. The van der Waals surface area contributed by atoms with Crippen molar-refractivity contribution in [2.24, 2.45) is 5.10 Å². The summed E-state index contributed by atoms with van der Waals surface area (Å²) in [6.45, 7) is -0.520. The maximum Gasteiger partial charge on any atom is 0.412 e. The number of nitrogens with zero attached hydrogens (tertiary/aromatic N) is 3. The Morgan fingerprint density at radius 3 is 2.03 bits per heavy atom. The van der Waals surface area contributed by atoms with Crippen LogP contribution in [0.25, 0.3) is 0 Å². The van der Waals surface area contributed by atoms with Crippen LogP contribution < -0.4 is 9.26 Å². The second-order valence-corrected chi connectivity index (χ2v) is 12.2. The Bertz CT molecular complexity index is 1020. The molecule has 15 heteroatoms. The van der Waals surface area contributed by atoms with Crippen molar-refractivity contribution in [3.05, 3.63) is 59.7 Å². The normalized spacial score (nSPS) is 13.3. The molecular weight excluding hydrogens is 499 g/mol. The molecule has 0 aromatic heterocycles. The van der Waals surface area contributed by atoms with Crippen LogP contribution in [0.4, 0.5) is 0 Å². The Kier molecular flexibility index (Phi) is 9.60. The summed E-state index contributed by atoms with van der Waals surface area (Å²) in [5.74, 6) is 1.22. The third kappa shape index (κ3) is 8.41. The molecule has 0 bridgehead atoms. The molecule has 0 heterocycles. The smallest absolute Gasteiger partial charge is 0.412 e. The molecule has 176 valence electrons. The first-order valence-electron chi connectivity index (χ1n) is 9.02. The Hall–Kier alpha value is -1.58. The fourth-order valence-corrected chi connectivity index (χ4v) is 5.41. The minimum Gasteiger partial charge on any atom is -0.497 e. The van der Waals surface area contributed by atoms with Gasteiger partial charge in [0.2, 0.25) is 7.07 Å². The third-order valence-electron chi connectivity index (χ3n) is 4.09. The van der Waals surface area contributed by atoms with Crippen molar-refractivity contribution >= 4 is 40.6 Å². The molecule has 0 radical (unpaired) electrons. The molecule has 0 aliphatic heterocycles. The van der Waals surface area contributed by atoms with Crippen molar-refractivity contribution in [3.8, 4) is 11.5 Å². The second kappa shape index (κ2) is 11.5. The first-order valence-corrected chi connectivity index (χ1v) is 14.6. The fourth-order valence-electron chi connectivity index (χ4n) is 2.42. The first kappa shape index (κ1) is 26.7.